The van der Waals surface area contributed by atoms with E-state index in [0.29, 0.717) is 29.8 Å². The molecule has 4 rings (SSSR count). The predicted octanol–water partition coefficient (Wildman–Crippen LogP) is 1.17. The van der Waals surface area contributed by atoms with E-state index in [9.17, 15) is 19.1 Å². The number of aromatic hydroxyl groups is 1. The Hall–Kier alpha value is -3.46. The molecule has 1 aliphatic heterocycles. The van der Waals surface area contributed by atoms with Crippen LogP contribution in [0.25, 0.3) is 11.0 Å². The Morgan fingerprint density at radius 3 is 2.73 bits per heavy atom. The lowest BCUT2D eigenvalue weighted by atomic mass is 10.0. The maximum absolute atomic E-state index is 13.3. The Labute approximate surface area is 171 Å². The van der Waals surface area contributed by atoms with Gasteiger partial charge >= 0.3 is 0 Å². The first-order valence-corrected chi connectivity index (χ1v) is 9.49. The topological polar surface area (TPSA) is 105 Å². The number of pyridine rings is 2. The van der Waals surface area contributed by atoms with Crippen LogP contribution in [0.2, 0.25) is 0 Å². The summed E-state index contributed by atoms with van der Waals surface area (Å²) < 4.78 is 20.8. The van der Waals surface area contributed by atoms with Crippen molar-refractivity contribution in [1.82, 2.24) is 20.2 Å². The number of carbonyl (C=O) groups is 1. The standard InChI is InChI=1S/C21H21FN4O4/c1-23-9-14-10-26-17-16(18(27)15(21(26)29)20(28)24-2)25-8-12(19(17)30-14)7-11-3-5-13(22)6-4-11/h3-6,8,14,23,27H,7,9-10H2,1-2H3,(H,24,28)/t14-/m0/s1. The van der Waals surface area contributed by atoms with Crippen LogP contribution in [0.5, 0.6) is 11.5 Å². The first-order chi connectivity index (χ1) is 14.4. The molecule has 0 aliphatic carbocycles. The van der Waals surface area contributed by atoms with Crippen molar-refractivity contribution in [3.63, 3.8) is 0 Å². The summed E-state index contributed by atoms with van der Waals surface area (Å²) in [7, 11) is 3.16. The van der Waals surface area contributed by atoms with Gasteiger partial charge < -0.3 is 20.5 Å². The van der Waals surface area contributed by atoms with Crippen LogP contribution in [0.1, 0.15) is 21.5 Å². The van der Waals surface area contributed by atoms with Gasteiger partial charge in [0.05, 0.1) is 6.54 Å². The smallest absolute Gasteiger partial charge is 0.268 e. The largest absolute Gasteiger partial charge is 0.505 e. The summed E-state index contributed by atoms with van der Waals surface area (Å²) in [4.78, 5) is 29.6. The minimum atomic E-state index is -0.682. The fraction of sp³-hybridized carbons (Fsp3) is 0.286. The molecule has 3 N–H and O–H groups in total. The van der Waals surface area contributed by atoms with Gasteiger partial charge in [-0.1, -0.05) is 12.1 Å². The van der Waals surface area contributed by atoms with E-state index >= 15 is 0 Å². The number of carbonyl (C=O) groups excluding carboxylic acids is 1. The van der Waals surface area contributed by atoms with Crippen LogP contribution >= 0.6 is 0 Å². The van der Waals surface area contributed by atoms with Gasteiger partial charge in [0, 0.05) is 31.8 Å². The summed E-state index contributed by atoms with van der Waals surface area (Å²) in [6.45, 7) is 0.678. The molecule has 0 unspecified atom stereocenters. The van der Waals surface area contributed by atoms with Gasteiger partial charge in [0.2, 0.25) is 0 Å². The third-order valence-corrected chi connectivity index (χ3v) is 5.14. The molecule has 0 bridgehead atoms. The number of ether oxygens (including phenoxy) is 1. The van der Waals surface area contributed by atoms with Gasteiger partial charge in [-0.15, -0.1) is 0 Å². The molecule has 9 heteroatoms. The molecule has 0 saturated heterocycles. The lowest BCUT2D eigenvalue weighted by molar-refractivity contribution is 0.0957. The third kappa shape index (κ3) is 3.26. The van der Waals surface area contributed by atoms with E-state index in [-0.39, 0.29) is 29.5 Å². The minimum absolute atomic E-state index is 0.119. The lowest BCUT2D eigenvalue weighted by Crippen LogP contribution is -2.42. The van der Waals surface area contributed by atoms with Crippen molar-refractivity contribution < 1.29 is 19.0 Å². The molecular weight excluding hydrogens is 391 g/mol. The Balaban J connectivity index is 1.94. The fourth-order valence-electron chi connectivity index (χ4n) is 3.73. The molecule has 30 heavy (non-hydrogen) atoms. The normalized spacial score (nSPS) is 15.1. The van der Waals surface area contributed by atoms with Crippen LogP contribution < -0.4 is 20.9 Å². The van der Waals surface area contributed by atoms with Crippen molar-refractivity contribution in [3.05, 3.63) is 63.3 Å². The maximum atomic E-state index is 13.3. The van der Waals surface area contributed by atoms with Crippen molar-refractivity contribution in [1.29, 1.82) is 0 Å². The van der Waals surface area contributed by atoms with E-state index in [1.807, 2.05) is 0 Å². The quantitative estimate of drug-likeness (QED) is 0.581. The fourth-order valence-corrected chi connectivity index (χ4v) is 3.73. The van der Waals surface area contributed by atoms with Crippen LogP contribution in [-0.4, -0.2) is 47.3 Å². The second kappa shape index (κ2) is 7.75. The minimum Gasteiger partial charge on any atom is -0.505 e. The average molecular weight is 412 g/mol. The zero-order valence-corrected chi connectivity index (χ0v) is 16.5. The molecule has 0 radical (unpaired) electrons. The molecular formula is C21H21FN4O4. The number of benzene rings is 1. The molecule has 0 fully saturated rings. The number of hydrogen-bond donors (Lipinski definition) is 3. The van der Waals surface area contributed by atoms with E-state index in [4.69, 9.17) is 4.74 Å². The number of likely N-dealkylation sites (N-methyl/N-ethyl adjacent to an activating group) is 1. The van der Waals surface area contributed by atoms with Gasteiger partial charge in [-0.05, 0) is 24.7 Å². The first kappa shape index (κ1) is 19.8. The van der Waals surface area contributed by atoms with Crippen molar-refractivity contribution in [2.24, 2.45) is 0 Å². The summed E-state index contributed by atoms with van der Waals surface area (Å²) in [6, 6.07) is 6.08. The highest BCUT2D eigenvalue weighted by Crippen LogP contribution is 2.37. The lowest BCUT2D eigenvalue weighted by Gasteiger charge is -2.29. The van der Waals surface area contributed by atoms with Crippen molar-refractivity contribution >= 4 is 16.9 Å². The summed E-state index contributed by atoms with van der Waals surface area (Å²) in [5, 5.41) is 16.0. The van der Waals surface area contributed by atoms with E-state index in [2.05, 4.69) is 15.6 Å². The van der Waals surface area contributed by atoms with E-state index < -0.39 is 17.2 Å². The van der Waals surface area contributed by atoms with Crippen LogP contribution in [0.15, 0.2) is 35.3 Å². The number of rotatable bonds is 5. The molecule has 8 nitrogen and oxygen atoms in total. The molecule has 0 spiro atoms. The van der Waals surface area contributed by atoms with Crippen LogP contribution in [-0.2, 0) is 13.0 Å². The van der Waals surface area contributed by atoms with Crippen molar-refractivity contribution in [2.45, 2.75) is 19.1 Å². The molecule has 0 saturated carbocycles. The molecule has 3 heterocycles. The van der Waals surface area contributed by atoms with Gasteiger partial charge in [0.1, 0.15) is 28.5 Å². The molecule has 1 aliphatic rings. The molecule has 156 valence electrons. The average Bonchev–Trinajstić information content (AvgIpc) is 2.74. The Kier molecular flexibility index (Phi) is 5.13. The van der Waals surface area contributed by atoms with Gasteiger partial charge in [0.15, 0.2) is 11.5 Å². The van der Waals surface area contributed by atoms with Gasteiger partial charge in [-0.25, -0.2) is 4.39 Å². The Morgan fingerprint density at radius 2 is 2.07 bits per heavy atom. The number of nitrogens with zero attached hydrogens (tertiary/aromatic N) is 2. The molecule has 3 aromatic rings. The number of halogens is 1. The number of nitrogens with one attached hydrogen (secondary N) is 2. The van der Waals surface area contributed by atoms with Crippen molar-refractivity contribution in [3.8, 4) is 11.5 Å². The van der Waals surface area contributed by atoms with Crippen LogP contribution in [0.3, 0.4) is 0 Å². The summed E-state index contributed by atoms with van der Waals surface area (Å²) >= 11 is 0. The second-order valence-corrected chi connectivity index (χ2v) is 7.13. The van der Waals surface area contributed by atoms with E-state index in [0.717, 1.165) is 5.56 Å². The zero-order valence-electron chi connectivity index (χ0n) is 16.5. The second-order valence-electron chi connectivity index (χ2n) is 7.13. The summed E-state index contributed by atoms with van der Waals surface area (Å²) in [6.07, 6.45) is 1.59. The Bertz CT molecular complexity index is 1190. The summed E-state index contributed by atoms with van der Waals surface area (Å²) in [5.41, 5.74) is 1.04. The number of aromatic nitrogens is 2. The number of hydrogen-bond acceptors (Lipinski definition) is 6. The van der Waals surface area contributed by atoms with Crippen LogP contribution in [0, 0.1) is 5.82 Å². The van der Waals surface area contributed by atoms with Gasteiger partial charge in [0.25, 0.3) is 11.5 Å². The molecule has 1 amide bonds. The van der Waals surface area contributed by atoms with E-state index in [1.165, 1.54) is 23.7 Å². The molecule has 1 aromatic carbocycles. The van der Waals surface area contributed by atoms with Gasteiger partial charge in [-0.3, -0.25) is 19.1 Å². The third-order valence-electron chi connectivity index (χ3n) is 5.14. The Morgan fingerprint density at radius 1 is 1.33 bits per heavy atom. The highest BCUT2D eigenvalue weighted by Gasteiger charge is 2.31. The monoisotopic (exact) mass is 412 g/mol. The van der Waals surface area contributed by atoms with Gasteiger partial charge in [-0.2, -0.15) is 0 Å². The highest BCUT2D eigenvalue weighted by atomic mass is 19.1. The number of amides is 1. The van der Waals surface area contributed by atoms with E-state index in [1.54, 1.807) is 25.4 Å². The highest BCUT2D eigenvalue weighted by molar-refractivity contribution is 6.02. The maximum Gasteiger partial charge on any atom is 0.268 e. The van der Waals surface area contributed by atoms with Crippen molar-refractivity contribution in [2.75, 3.05) is 20.6 Å². The zero-order chi connectivity index (χ0) is 21.4. The SMILES string of the molecule is CNC[C@H]1Cn2c(=O)c(C(=O)NC)c(O)c3ncc(Cc4ccc(F)cc4)c(c32)O1. The molecule has 2 aromatic heterocycles. The first-order valence-electron chi connectivity index (χ1n) is 9.49. The molecule has 1 atom stereocenters. The summed E-state index contributed by atoms with van der Waals surface area (Å²) in [5.74, 6) is -1.07. The predicted molar refractivity (Wildman–Crippen MR) is 109 cm³/mol. The van der Waals surface area contributed by atoms with Crippen LogP contribution in [0.4, 0.5) is 4.39 Å².